The second kappa shape index (κ2) is 5.31. The molecule has 0 unspecified atom stereocenters. The molecule has 19 heavy (non-hydrogen) atoms. The molecule has 0 radical (unpaired) electrons. The summed E-state index contributed by atoms with van der Waals surface area (Å²) in [7, 11) is 0. The molecule has 0 bridgehead atoms. The minimum Gasteiger partial charge on any atom is -0.493 e. The van der Waals surface area contributed by atoms with Gasteiger partial charge in [-0.25, -0.2) is 0 Å². The van der Waals surface area contributed by atoms with Gasteiger partial charge in [0, 0.05) is 0 Å². The van der Waals surface area contributed by atoms with Crippen LogP contribution in [0.5, 0.6) is 5.75 Å². The van der Waals surface area contributed by atoms with Crippen LogP contribution in [0.2, 0.25) is 0 Å². The Morgan fingerprint density at radius 2 is 1.89 bits per heavy atom. The molecule has 2 aromatic rings. The van der Waals surface area contributed by atoms with Crippen LogP contribution in [0.15, 0.2) is 28.7 Å². The summed E-state index contributed by atoms with van der Waals surface area (Å²) in [6.45, 7) is 8.04. The first kappa shape index (κ1) is 13.4. The highest BCUT2D eigenvalue weighted by Gasteiger charge is 2.19. The number of ketones is 1. The Hall–Kier alpha value is -2.03. The van der Waals surface area contributed by atoms with E-state index in [1.165, 1.54) is 0 Å². The second-order valence-electron chi connectivity index (χ2n) is 4.59. The molecule has 0 aliphatic rings. The smallest absolute Gasteiger partial charge is 0.200 e. The SMILES string of the molecule is CCOc1ccc(C)cc1C(=O)c1cc(C)oc1C. The van der Waals surface area contributed by atoms with E-state index in [1.54, 1.807) is 13.0 Å². The quantitative estimate of drug-likeness (QED) is 0.782. The number of hydrogen-bond donors (Lipinski definition) is 0. The van der Waals surface area contributed by atoms with Crippen LogP contribution in [0.3, 0.4) is 0 Å². The Labute approximate surface area is 113 Å². The van der Waals surface area contributed by atoms with Crippen LogP contribution < -0.4 is 4.74 Å². The average Bonchev–Trinajstić information content (AvgIpc) is 2.70. The number of hydrogen-bond acceptors (Lipinski definition) is 3. The fraction of sp³-hybridized carbons (Fsp3) is 0.312. The molecule has 0 amide bonds. The first-order valence-corrected chi connectivity index (χ1v) is 6.38. The van der Waals surface area contributed by atoms with Gasteiger partial charge >= 0.3 is 0 Å². The Balaban J connectivity index is 2.48. The highest BCUT2D eigenvalue weighted by molar-refractivity contribution is 6.11. The van der Waals surface area contributed by atoms with Crippen molar-refractivity contribution in [2.24, 2.45) is 0 Å². The number of rotatable bonds is 4. The third-order valence-electron chi connectivity index (χ3n) is 2.97. The normalized spacial score (nSPS) is 10.5. The summed E-state index contributed by atoms with van der Waals surface area (Å²) in [6.07, 6.45) is 0. The van der Waals surface area contributed by atoms with Crippen molar-refractivity contribution in [2.45, 2.75) is 27.7 Å². The van der Waals surface area contributed by atoms with Crippen LogP contribution in [-0.2, 0) is 0 Å². The topological polar surface area (TPSA) is 39.4 Å². The second-order valence-corrected chi connectivity index (χ2v) is 4.59. The Bertz CT molecular complexity index is 608. The summed E-state index contributed by atoms with van der Waals surface area (Å²) < 4.78 is 11.0. The molecule has 0 atom stereocenters. The van der Waals surface area contributed by atoms with Crippen LogP contribution in [0.25, 0.3) is 0 Å². The van der Waals surface area contributed by atoms with Gasteiger partial charge in [-0.15, -0.1) is 0 Å². The summed E-state index contributed by atoms with van der Waals surface area (Å²) in [5.74, 6) is 1.95. The van der Waals surface area contributed by atoms with Crippen LogP contribution in [0.1, 0.15) is 39.9 Å². The minimum atomic E-state index is -0.0542. The monoisotopic (exact) mass is 258 g/mol. The van der Waals surface area contributed by atoms with Crippen molar-refractivity contribution in [1.29, 1.82) is 0 Å². The number of ether oxygens (including phenoxy) is 1. The Morgan fingerprint density at radius 3 is 2.47 bits per heavy atom. The van der Waals surface area contributed by atoms with Gasteiger partial charge < -0.3 is 9.15 Å². The number of carbonyl (C=O) groups excluding carboxylic acids is 1. The van der Waals surface area contributed by atoms with Crippen LogP contribution in [0, 0.1) is 20.8 Å². The summed E-state index contributed by atoms with van der Waals surface area (Å²) in [4.78, 5) is 12.6. The maximum absolute atomic E-state index is 12.6. The van der Waals surface area contributed by atoms with E-state index in [4.69, 9.17) is 9.15 Å². The van der Waals surface area contributed by atoms with Gasteiger partial charge in [-0.1, -0.05) is 11.6 Å². The highest BCUT2D eigenvalue weighted by atomic mass is 16.5. The van der Waals surface area contributed by atoms with E-state index in [9.17, 15) is 4.79 Å². The van der Waals surface area contributed by atoms with Gasteiger partial charge in [0.1, 0.15) is 17.3 Å². The van der Waals surface area contributed by atoms with Crippen molar-refractivity contribution in [1.82, 2.24) is 0 Å². The predicted molar refractivity (Wildman–Crippen MR) is 74.0 cm³/mol. The summed E-state index contributed by atoms with van der Waals surface area (Å²) in [5.41, 5.74) is 2.22. The van der Waals surface area contributed by atoms with Crippen molar-refractivity contribution < 1.29 is 13.9 Å². The summed E-state index contributed by atoms with van der Waals surface area (Å²) in [6, 6.07) is 7.41. The van der Waals surface area contributed by atoms with Gasteiger partial charge in [0.2, 0.25) is 0 Å². The lowest BCUT2D eigenvalue weighted by atomic mass is 10.0. The van der Waals surface area contributed by atoms with Crippen molar-refractivity contribution >= 4 is 5.78 Å². The van der Waals surface area contributed by atoms with Gasteiger partial charge in [0.15, 0.2) is 5.78 Å². The fourth-order valence-electron chi connectivity index (χ4n) is 2.10. The molecule has 0 aliphatic carbocycles. The highest BCUT2D eigenvalue weighted by Crippen LogP contribution is 2.25. The van der Waals surface area contributed by atoms with E-state index in [2.05, 4.69) is 0 Å². The lowest BCUT2D eigenvalue weighted by Crippen LogP contribution is -2.06. The van der Waals surface area contributed by atoms with E-state index in [-0.39, 0.29) is 5.78 Å². The molecular formula is C16H18O3. The molecule has 3 nitrogen and oxygen atoms in total. The van der Waals surface area contributed by atoms with Crippen molar-refractivity contribution in [3.8, 4) is 5.75 Å². The lowest BCUT2D eigenvalue weighted by molar-refractivity contribution is 0.103. The average molecular weight is 258 g/mol. The van der Waals surface area contributed by atoms with Crippen molar-refractivity contribution in [3.05, 3.63) is 52.5 Å². The predicted octanol–water partition coefficient (Wildman–Crippen LogP) is 3.83. The van der Waals surface area contributed by atoms with E-state index < -0.39 is 0 Å². The lowest BCUT2D eigenvalue weighted by Gasteiger charge is -2.09. The molecule has 0 aliphatic heterocycles. The molecule has 0 saturated heterocycles. The standard InChI is InChI=1S/C16H18O3/c1-5-18-15-7-6-10(2)8-14(15)16(17)13-9-11(3)19-12(13)4/h6-9H,5H2,1-4H3. The van der Waals surface area contributed by atoms with Gasteiger partial charge in [-0.2, -0.15) is 0 Å². The maximum atomic E-state index is 12.6. The number of aryl methyl sites for hydroxylation is 3. The first-order valence-electron chi connectivity index (χ1n) is 6.38. The maximum Gasteiger partial charge on any atom is 0.200 e. The number of carbonyl (C=O) groups is 1. The zero-order valence-electron chi connectivity index (χ0n) is 11.7. The summed E-state index contributed by atoms with van der Waals surface area (Å²) in [5, 5.41) is 0. The van der Waals surface area contributed by atoms with E-state index in [0.717, 1.165) is 11.3 Å². The van der Waals surface area contributed by atoms with Gasteiger partial charge in [-0.05, 0) is 45.9 Å². The molecule has 1 aromatic carbocycles. The number of benzene rings is 1. The zero-order valence-corrected chi connectivity index (χ0v) is 11.7. The molecule has 100 valence electrons. The molecule has 2 rings (SSSR count). The molecule has 0 saturated carbocycles. The molecule has 1 aromatic heterocycles. The molecule has 0 fully saturated rings. The molecule has 0 spiro atoms. The van der Waals surface area contributed by atoms with Crippen LogP contribution in [-0.4, -0.2) is 12.4 Å². The third kappa shape index (κ3) is 2.70. The largest absolute Gasteiger partial charge is 0.493 e. The van der Waals surface area contributed by atoms with E-state index in [1.807, 2.05) is 39.0 Å². The molecule has 3 heteroatoms. The van der Waals surface area contributed by atoms with Crippen LogP contribution >= 0.6 is 0 Å². The Kier molecular flexibility index (Phi) is 3.74. The van der Waals surface area contributed by atoms with Gasteiger partial charge in [0.05, 0.1) is 17.7 Å². The first-order chi connectivity index (χ1) is 9.02. The Morgan fingerprint density at radius 1 is 1.16 bits per heavy atom. The minimum absolute atomic E-state index is 0.0542. The van der Waals surface area contributed by atoms with E-state index >= 15 is 0 Å². The van der Waals surface area contributed by atoms with Crippen molar-refractivity contribution in [2.75, 3.05) is 6.61 Å². The zero-order chi connectivity index (χ0) is 14.0. The number of furan rings is 1. The van der Waals surface area contributed by atoms with Crippen LogP contribution in [0.4, 0.5) is 0 Å². The molecule has 1 heterocycles. The molecular weight excluding hydrogens is 240 g/mol. The summed E-state index contributed by atoms with van der Waals surface area (Å²) >= 11 is 0. The van der Waals surface area contributed by atoms with Crippen molar-refractivity contribution in [3.63, 3.8) is 0 Å². The van der Waals surface area contributed by atoms with Gasteiger partial charge in [-0.3, -0.25) is 4.79 Å². The molecule has 0 N–H and O–H groups in total. The third-order valence-corrected chi connectivity index (χ3v) is 2.97. The van der Waals surface area contributed by atoms with E-state index in [0.29, 0.717) is 29.2 Å². The van der Waals surface area contributed by atoms with Gasteiger partial charge in [0.25, 0.3) is 0 Å². The fourth-order valence-corrected chi connectivity index (χ4v) is 2.10.